The molecule has 6 atom stereocenters. The van der Waals surface area contributed by atoms with Crippen molar-refractivity contribution < 1.29 is 77.3 Å². The number of non-ortho nitro benzene ring substituents is 4. The lowest BCUT2D eigenvalue weighted by Crippen LogP contribution is -2.64. The van der Waals surface area contributed by atoms with Crippen molar-refractivity contribution >= 4 is 82.4 Å². The first-order valence-electron chi connectivity index (χ1n) is 25.9. The fourth-order valence-electron chi connectivity index (χ4n) is 9.74. The van der Waals surface area contributed by atoms with E-state index in [0.717, 1.165) is 16.7 Å². The van der Waals surface area contributed by atoms with Crippen molar-refractivity contribution in [3.8, 4) is 0 Å². The molecule has 0 aliphatic carbocycles. The molecular weight excluding hydrogens is 1140 g/mol. The Morgan fingerprint density at radius 2 is 1.16 bits per heavy atom. The minimum absolute atomic E-state index is 0.00400. The molecule has 0 aromatic heterocycles. The number of rotatable bonds is 20. The molecule has 31 nitrogen and oxygen atoms in total. The van der Waals surface area contributed by atoms with Crippen LogP contribution in [0.25, 0.3) is 0 Å². The Bertz CT molecular complexity index is 3360. The third-order valence-electron chi connectivity index (χ3n) is 14.1. The molecule has 6 amide bonds. The second-order valence-corrected chi connectivity index (χ2v) is 21.3. The molecule has 85 heavy (non-hydrogen) atoms. The fraction of sp³-hybridized carbons (Fsp3) is 0.358. The topological polar surface area (TPSA) is 399 Å². The van der Waals surface area contributed by atoms with E-state index in [-0.39, 0.29) is 74.3 Å². The third-order valence-corrected chi connectivity index (χ3v) is 15.6. The van der Waals surface area contributed by atoms with Crippen molar-refractivity contribution in [2.75, 3.05) is 33.2 Å². The van der Waals surface area contributed by atoms with Crippen molar-refractivity contribution in [2.24, 2.45) is 16.8 Å². The number of thioether (sulfide) groups is 1. The van der Waals surface area contributed by atoms with Gasteiger partial charge in [-0.3, -0.25) is 65.1 Å². The van der Waals surface area contributed by atoms with Crippen LogP contribution in [-0.4, -0.2) is 155 Å². The van der Waals surface area contributed by atoms with E-state index in [9.17, 15) is 79.1 Å². The van der Waals surface area contributed by atoms with Gasteiger partial charge in [0.25, 0.3) is 22.7 Å². The SMILES string of the molecule is C[C@@H](O)[C@H]1C(=O)N2C(C(=O)OCc3ccc([N+](=O)[O-])cc3)=C(S[C@H]3C[C@@H](C(=O)N4CC(NC(=O)CN(C)C(=NC(=O)OCc5ccc([N+](=O)[O-])cc5)NC(=O)OCc5ccc([N+](=O)[O-])cc5)C4)N(C(=O)OCc4ccc([N+](=O)[O-])cc4)C3)[C@H](C)[C@H]12. The number of ether oxygens (including phenoxy) is 4. The predicted molar refractivity (Wildman–Crippen MR) is 293 cm³/mol. The number of likely N-dealkylation sites (tertiary alicyclic amines) is 2. The molecule has 0 unspecified atom stereocenters. The number of carbonyl (C=O) groups excluding carboxylic acids is 7. The first-order valence-corrected chi connectivity index (χ1v) is 26.8. The van der Waals surface area contributed by atoms with Crippen LogP contribution in [-0.2, 0) is 64.6 Å². The molecule has 0 bridgehead atoms. The number of guanidine groups is 1. The molecule has 8 rings (SSSR count). The molecule has 0 saturated carbocycles. The van der Waals surface area contributed by atoms with Gasteiger partial charge in [-0.1, -0.05) is 6.92 Å². The molecule has 0 radical (unpaired) electrons. The second kappa shape index (κ2) is 26.4. The highest BCUT2D eigenvalue weighted by atomic mass is 32.2. The maximum Gasteiger partial charge on any atom is 0.437 e. The zero-order valence-electron chi connectivity index (χ0n) is 45.3. The number of alkyl carbamates (subject to hydrolysis) is 1. The van der Waals surface area contributed by atoms with Gasteiger partial charge in [-0.05, 0) is 84.1 Å². The summed E-state index contributed by atoms with van der Waals surface area (Å²) in [7, 11) is 1.29. The van der Waals surface area contributed by atoms with Crippen LogP contribution in [0.2, 0.25) is 0 Å². The zero-order valence-corrected chi connectivity index (χ0v) is 46.1. The number of nitro groups is 4. The number of aliphatic hydroxyl groups is 1. The molecule has 32 heteroatoms. The van der Waals surface area contributed by atoms with Crippen molar-refractivity contribution in [1.29, 1.82) is 0 Å². The summed E-state index contributed by atoms with van der Waals surface area (Å²) in [6.07, 6.45) is -4.41. The Kier molecular flexibility index (Phi) is 19.0. The average Bonchev–Trinajstić information content (AvgIpc) is 1.72. The van der Waals surface area contributed by atoms with E-state index in [1.54, 1.807) is 6.92 Å². The summed E-state index contributed by atoms with van der Waals surface area (Å²) in [4.78, 5) is 147. The minimum atomic E-state index is -1.25. The molecule has 446 valence electrons. The average molecular weight is 1200 g/mol. The van der Waals surface area contributed by atoms with Crippen LogP contribution < -0.4 is 10.6 Å². The number of nitro benzene ring substituents is 4. The van der Waals surface area contributed by atoms with Gasteiger partial charge in [0.1, 0.15) is 38.2 Å². The number of carbonyl (C=O) groups is 7. The van der Waals surface area contributed by atoms with Crippen LogP contribution in [0.3, 0.4) is 0 Å². The van der Waals surface area contributed by atoms with Crippen LogP contribution in [0, 0.1) is 52.3 Å². The maximum absolute atomic E-state index is 14.5. The highest BCUT2D eigenvalue weighted by molar-refractivity contribution is 8.03. The largest absolute Gasteiger partial charge is 0.456 e. The molecule has 4 aliphatic rings. The Balaban J connectivity index is 0.939. The lowest BCUT2D eigenvalue weighted by molar-refractivity contribution is -0.385. The number of nitrogens with one attached hydrogen (secondary N) is 2. The van der Waals surface area contributed by atoms with Gasteiger partial charge >= 0.3 is 24.2 Å². The van der Waals surface area contributed by atoms with E-state index in [1.165, 1.54) is 126 Å². The number of hydrogen-bond donors (Lipinski definition) is 3. The number of amides is 6. The third kappa shape index (κ3) is 14.6. The van der Waals surface area contributed by atoms with E-state index in [0.29, 0.717) is 27.2 Å². The van der Waals surface area contributed by atoms with Crippen LogP contribution in [0.4, 0.5) is 37.1 Å². The molecule has 0 spiro atoms. The van der Waals surface area contributed by atoms with Crippen LogP contribution in [0.5, 0.6) is 0 Å². The molecule has 4 aromatic rings. The minimum Gasteiger partial charge on any atom is -0.456 e. The lowest BCUT2D eigenvalue weighted by atomic mass is 9.79. The molecule has 3 saturated heterocycles. The van der Waals surface area contributed by atoms with Gasteiger partial charge in [0.05, 0.1) is 50.3 Å². The number of aliphatic imine (C=N–C) groups is 1. The van der Waals surface area contributed by atoms with Crippen molar-refractivity contribution in [2.45, 2.75) is 76.2 Å². The number of benzene rings is 4. The van der Waals surface area contributed by atoms with Crippen LogP contribution in [0.1, 0.15) is 42.5 Å². The summed E-state index contributed by atoms with van der Waals surface area (Å²) in [5, 5.41) is 59.6. The van der Waals surface area contributed by atoms with E-state index < -0.39 is 122 Å². The van der Waals surface area contributed by atoms with E-state index in [4.69, 9.17) is 18.9 Å². The fourth-order valence-corrected chi connectivity index (χ4v) is 11.3. The number of β-lactam (4-membered cyclic amide) rings is 1. The Labute approximate surface area is 485 Å². The quantitative estimate of drug-likeness (QED) is 0.0203. The van der Waals surface area contributed by atoms with Gasteiger partial charge in [-0.25, -0.2) is 19.2 Å². The van der Waals surface area contributed by atoms with Gasteiger partial charge in [0, 0.05) is 91.3 Å². The van der Waals surface area contributed by atoms with Gasteiger partial charge in [-0.2, -0.15) is 0 Å². The zero-order chi connectivity index (χ0) is 61.4. The van der Waals surface area contributed by atoms with E-state index in [1.807, 2.05) is 0 Å². The molecule has 3 N–H and O–H groups in total. The number of nitrogens with zero attached hydrogens (tertiary/aromatic N) is 9. The number of aliphatic hydroxyl groups excluding tert-OH is 1. The van der Waals surface area contributed by atoms with Crippen LogP contribution >= 0.6 is 11.8 Å². The number of esters is 1. The summed E-state index contributed by atoms with van der Waals surface area (Å²) in [6.45, 7) is 1.04. The van der Waals surface area contributed by atoms with Crippen molar-refractivity contribution in [3.05, 3.63) is 170 Å². The predicted octanol–water partition coefficient (Wildman–Crippen LogP) is 4.82. The first kappa shape index (κ1) is 61.0. The second-order valence-electron chi connectivity index (χ2n) is 20.0. The molecule has 4 aromatic carbocycles. The van der Waals surface area contributed by atoms with Crippen LogP contribution in [0.15, 0.2) is 113 Å². The number of likely N-dealkylation sites (N-methyl/N-ethyl adjacent to an activating group) is 1. The molecule has 3 fully saturated rings. The molecule has 4 aliphatic heterocycles. The van der Waals surface area contributed by atoms with Gasteiger partial charge in [0.15, 0.2) is 0 Å². The van der Waals surface area contributed by atoms with Gasteiger partial charge in [-0.15, -0.1) is 16.8 Å². The van der Waals surface area contributed by atoms with Gasteiger partial charge < -0.3 is 44.1 Å². The summed E-state index contributed by atoms with van der Waals surface area (Å²) in [6, 6.07) is 18.3. The summed E-state index contributed by atoms with van der Waals surface area (Å²) < 4.78 is 21.7. The summed E-state index contributed by atoms with van der Waals surface area (Å²) in [5.74, 6) is -4.55. The van der Waals surface area contributed by atoms with Crippen molar-refractivity contribution in [3.63, 3.8) is 0 Å². The molecular formula is C53H53N11O20S. The maximum atomic E-state index is 14.5. The highest BCUT2D eigenvalue weighted by Gasteiger charge is 2.61. The lowest BCUT2D eigenvalue weighted by Gasteiger charge is -2.46. The Morgan fingerprint density at radius 1 is 0.706 bits per heavy atom. The monoisotopic (exact) mass is 1200 g/mol. The van der Waals surface area contributed by atoms with Gasteiger partial charge in [0.2, 0.25) is 23.7 Å². The Morgan fingerprint density at radius 3 is 1.64 bits per heavy atom. The summed E-state index contributed by atoms with van der Waals surface area (Å²) >= 11 is 1.15. The normalized spacial score (nSPS) is 19.3. The highest BCUT2D eigenvalue weighted by Crippen LogP contribution is 2.52. The number of hydrogen-bond acceptors (Lipinski definition) is 21. The smallest absolute Gasteiger partial charge is 0.437 e. The van der Waals surface area contributed by atoms with Crippen molar-refractivity contribution in [1.82, 2.24) is 30.2 Å². The van der Waals surface area contributed by atoms with E-state index in [2.05, 4.69) is 15.6 Å². The van der Waals surface area contributed by atoms with E-state index >= 15 is 0 Å². The molecule has 4 heterocycles. The first-order chi connectivity index (χ1) is 40.4. The standard InChI is InChI=1S/C53H53N11O20S/c1-29-44-43(30(2)65)48(68)60(44)45(49(69)81-25-31-4-12-36(13-5-31)61(73)74)46(29)85-40-20-41(59(23-40)53(72)84-28-34-10-18-39(19-11-34)64(79)80)47(67)58-21-35(22-58)54-42(66)24-57(3)50(55-51(70)82-26-32-6-14-37(15-7-32)62(75)76)56-52(71)83-27-33-8-16-38(17-9-33)63(77)78/h4-19,29-30,35,40-41,43-44,65H,20-28H2,1-3H3,(H,54,66)(H,55,56,70,71)/t29-,30-,40+,41+,43-,44-/m1/s1. The Hall–Kier alpha value is -10.1. The summed E-state index contributed by atoms with van der Waals surface area (Å²) in [5.41, 5.74) is 0.652. The number of fused-ring (bicyclic) bond motifs is 1.